The monoisotopic (exact) mass is 361 g/mol. The highest BCUT2D eigenvalue weighted by Crippen LogP contribution is 2.12. The quantitative estimate of drug-likeness (QED) is 0.577. The van der Waals surface area contributed by atoms with E-state index in [0.717, 1.165) is 0 Å². The molecule has 8 heteroatoms. The van der Waals surface area contributed by atoms with Crippen LogP contribution in [0.25, 0.3) is 0 Å². The van der Waals surface area contributed by atoms with E-state index < -0.39 is 22.5 Å². The molecule has 0 aliphatic carbocycles. The van der Waals surface area contributed by atoms with Crippen LogP contribution in [0.15, 0.2) is 10.9 Å². The Labute approximate surface area is 129 Å². The van der Waals surface area contributed by atoms with Crippen molar-refractivity contribution in [1.29, 1.82) is 0 Å². The Morgan fingerprint density at radius 1 is 1.29 bits per heavy atom. The van der Waals surface area contributed by atoms with E-state index >= 15 is 0 Å². The molecule has 0 bridgehead atoms. The summed E-state index contributed by atoms with van der Waals surface area (Å²) in [6.07, 6.45) is -0.0230. The molecule has 1 aromatic rings. The summed E-state index contributed by atoms with van der Waals surface area (Å²) >= 11 is 2.90. The first-order valence-electron chi connectivity index (χ1n) is 6.33. The minimum Gasteiger partial charge on any atom is -0.462 e. The molecule has 1 unspecified atom stereocenters. The maximum Gasteiger partial charge on any atom is 0.355 e. The van der Waals surface area contributed by atoms with Crippen LogP contribution < -0.4 is 5.56 Å². The molecular weight excluding hydrogens is 346 g/mol. The fourth-order valence-electron chi connectivity index (χ4n) is 1.64. The van der Waals surface area contributed by atoms with Crippen molar-refractivity contribution >= 4 is 27.9 Å². The molecule has 0 aromatic carbocycles. The molecule has 0 radical (unpaired) electrons. The normalized spacial score (nSPS) is 11.8. The van der Waals surface area contributed by atoms with E-state index in [4.69, 9.17) is 9.47 Å². The molecule has 1 heterocycles. The zero-order valence-electron chi connectivity index (χ0n) is 11.6. The number of nitrogens with one attached hydrogen (secondary N) is 1. The van der Waals surface area contributed by atoms with Gasteiger partial charge in [-0.3, -0.25) is 4.79 Å². The second-order valence-corrected chi connectivity index (χ2v) is 5.05. The van der Waals surface area contributed by atoms with E-state index in [1.807, 2.05) is 0 Å². The van der Waals surface area contributed by atoms with Crippen LogP contribution in [-0.2, 0) is 15.9 Å². The third-order valence-electron chi connectivity index (χ3n) is 2.48. The Hall–Kier alpha value is -1.67. The van der Waals surface area contributed by atoms with Gasteiger partial charge in [-0.2, -0.15) is 0 Å². The van der Waals surface area contributed by atoms with Crippen LogP contribution in [0.5, 0.6) is 0 Å². The summed E-state index contributed by atoms with van der Waals surface area (Å²) in [5.41, 5.74) is -0.786. The van der Waals surface area contributed by atoms with Crippen molar-refractivity contribution in [1.82, 2.24) is 4.98 Å². The number of H-pyrrole nitrogens is 1. The van der Waals surface area contributed by atoms with E-state index in [0.29, 0.717) is 0 Å². The van der Waals surface area contributed by atoms with Gasteiger partial charge < -0.3 is 19.6 Å². The second kappa shape index (κ2) is 7.94. The van der Waals surface area contributed by atoms with Crippen LogP contribution in [-0.4, -0.2) is 40.3 Å². The Kier molecular flexibility index (Phi) is 6.57. The van der Waals surface area contributed by atoms with Crippen molar-refractivity contribution in [3.63, 3.8) is 0 Å². The van der Waals surface area contributed by atoms with Gasteiger partial charge in [0.1, 0.15) is 10.7 Å². The van der Waals surface area contributed by atoms with Gasteiger partial charge in [0.2, 0.25) is 0 Å². The zero-order chi connectivity index (χ0) is 16.0. The smallest absolute Gasteiger partial charge is 0.355 e. The van der Waals surface area contributed by atoms with Gasteiger partial charge in [0.05, 0.1) is 18.8 Å². The van der Waals surface area contributed by atoms with Crippen molar-refractivity contribution in [2.75, 3.05) is 13.2 Å². The number of alkyl halides is 1. The molecule has 2 N–H and O–H groups in total. The summed E-state index contributed by atoms with van der Waals surface area (Å²) in [5.74, 6) is -1.56. The lowest BCUT2D eigenvalue weighted by Gasteiger charge is -2.10. The highest BCUT2D eigenvalue weighted by atomic mass is 79.9. The second-order valence-electron chi connectivity index (χ2n) is 3.99. The fraction of sp³-hybridized carbons (Fsp3) is 0.462. The Morgan fingerprint density at radius 3 is 2.38 bits per heavy atom. The Bertz CT molecular complexity index is 581. The third-order valence-corrected chi connectivity index (χ3v) is 2.81. The number of aliphatic hydroxyl groups excluding tert-OH is 1. The van der Waals surface area contributed by atoms with Crippen molar-refractivity contribution in [3.8, 4) is 0 Å². The summed E-state index contributed by atoms with van der Waals surface area (Å²) in [6.45, 7) is 3.45. The van der Waals surface area contributed by atoms with Crippen LogP contribution in [0, 0.1) is 0 Å². The van der Waals surface area contributed by atoms with Crippen molar-refractivity contribution < 1.29 is 24.2 Å². The molecule has 0 spiro atoms. The Balaban J connectivity index is 3.34. The number of rotatable bonds is 6. The summed E-state index contributed by atoms with van der Waals surface area (Å²) in [6, 6.07) is 1.23. The molecule has 0 amide bonds. The zero-order valence-corrected chi connectivity index (χ0v) is 13.2. The van der Waals surface area contributed by atoms with Crippen molar-refractivity contribution in [2.24, 2.45) is 0 Å². The first-order valence-corrected chi connectivity index (χ1v) is 7.24. The molecule has 116 valence electrons. The van der Waals surface area contributed by atoms with E-state index in [-0.39, 0.29) is 36.5 Å². The number of hydrogen-bond acceptors (Lipinski definition) is 6. The summed E-state index contributed by atoms with van der Waals surface area (Å²) in [7, 11) is 0. The van der Waals surface area contributed by atoms with E-state index in [9.17, 15) is 19.5 Å². The standard InChI is InChI=1S/C13H16BrNO6/c1-3-20-12(18)8-5-7(6-9(14)16)11(17)15-10(8)13(19)21-4-2/h5,9,16H,3-4,6H2,1-2H3,(H,15,17). The van der Waals surface area contributed by atoms with Gasteiger partial charge in [0.15, 0.2) is 0 Å². The van der Waals surface area contributed by atoms with E-state index in [2.05, 4.69) is 20.9 Å². The lowest BCUT2D eigenvalue weighted by atomic mass is 10.1. The SMILES string of the molecule is CCOC(=O)c1cc(CC(O)Br)c(=O)[nH]c1C(=O)OCC. The number of aromatic nitrogens is 1. The molecule has 1 atom stereocenters. The fourth-order valence-corrected chi connectivity index (χ4v) is 1.99. The van der Waals surface area contributed by atoms with Gasteiger partial charge in [-0.25, -0.2) is 9.59 Å². The summed E-state index contributed by atoms with van der Waals surface area (Å²) in [5, 5.41) is 8.34. The van der Waals surface area contributed by atoms with E-state index in [1.54, 1.807) is 13.8 Å². The number of aliphatic hydroxyl groups is 1. The summed E-state index contributed by atoms with van der Waals surface area (Å²) < 4.78 is 9.65. The number of carbonyl (C=O) groups is 2. The average molecular weight is 362 g/mol. The minimum absolute atomic E-state index is 0.0230. The van der Waals surface area contributed by atoms with Crippen LogP contribution in [0.2, 0.25) is 0 Å². The maximum atomic E-state index is 11.9. The predicted octanol–water partition coefficient (Wildman–Crippen LogP) is 0.984. The highest BCUT2D eigenvalue weighted by Gasteiger charge is 2.22. The molecule has 7 nitrogen and oxygen atoms in total. The Morgan fingerprint density at radius 2 is 1.86 bits per heavy atom. The maximum absolute atomic E-state index is 11.9. The number of halogens is 1. The van der Waals surface area contributed by atoms with Gasteiger partial charge in [0, 0.05) is 12.0 Å². The third kappa shape index (κ3) is 4.68. The number of hydrogen-bond donors (Lipinski definition) is 2. The van der Waals surface area contributed by atoms with Gasteiger partial charge in [-0.1, -0.05) is 15.9 Å². The molecule has 1 rings (SSSR count). The van der Waals surface area contributed by atoms with Gasteiger partial charge >= 0.3 is 11.9 Å². The highest BCUT2D eigenvalue weighted by molar-refractivity contribution is 9.09. The topological polar surface area (TPSA) is 106 Å². The molecule has 1 aromatic heterocycles. The average Bonchev–Trinajstić information content (AvgIpc) is 2.40. The largest absolute Gasteiger partial charge is 0.462 e. The number of pyridine rings is 1. The van der Waals surface area contributed by atoms with Crippen LogP contribution in [0.4, 0.5) is 0 Å². The number of esters is 2. The molecule has 0 fully saturated rings. The predicted molar refractivity (Wildman–Crippen MR) is 77.6 cm³/mol. The lowest BCUT2D eigenvalue weighted by molar-refractivity contribution is 0.0472. The van der Waals surface area contributed by atoms with Gasteiger partial charge in [-0.05, 0) is 19.9 Å². The minimum atomic E-state index is -0.943. The van der Waals surface area contributed by atoms with Crippen LogP contribution in [0.1, 0.15) is 40.3 Å². The molecular formula is C13H16BrNO6. The number of carbonyl (C=O) groups excluding carboxylic acids is 2. The van der Waals surface area contributed by atoms with Crippen LogP contribution >= 0.6 is 15.9 Å². The molecule has 0 saturated heterocycles. The molecule has 21 heavy (non-hydrogen) atoms. The number of aromatic amines is 1. The molecule has 0 aliphatic heterocycles. The lowest BCUT2D eigenvalue weighted by Crippen LogP contribution is -2.25. The summed E-state index contributed by atoms with van der Waals surface area (Å²) in [4.78, 5) is 37.9. The van der Waals surface area contributed by atoms with Gasteiger partial charge in [-0.15, -0.1) is 0 Å². The van der Waals surface area contributed by atoms with Crippen molar-refractivity contribution in [3.05, 3.63) is 33.2 Å². The van der Waals surface area contributed by atoms with Gasteiger partial charge in [0.25, 0.3) is 5.56 Å². The molecule has 0 aliphatic rings. The first-order chi connectivity index (χ1) is 9.90. The number of ether oxygens (including phenoxy) is 2. The molecule has 0 saturated carbocycles. The van der Waals surface area contributed by atoms with E-state index in [1.165, 1.54) is 6.07 Å². The van der Waals surface area contributed by atoms with Crippen LogP contribution in [0.3, 0.4) is 0 Å². The van der Waals surface area contributed by atoms with Crippen molar-refractivity contribution in [2.45, 2.75) is 25.3 Å². The first kappa shape index (κ1) is 17.4.